The molecule has 4 aromatic carbocycles. The molecule has 0 aromatic heterocycles. The van der Waals surface area contributed by atoms with Gasteiger partial charge in [-0.2, -0.15) is 0 Å². The van der Waals surface area contributed by atoms with E-state index >= 15 is 0 Å². The summed E-state index contributed by atoms with van der Waals surface area (Å²) in [6.07, 6.45) is 2.81. The topological polar surface area (TPSA) is 44.8 Å². The van der Waals surface area contributed by atoms with Gasteiger partial charge in [0.2, 0.25) is 18.1 Å². The van der Waals surface area contributed by atoms with E-state index in [0.29, 0.717) is 6.61 Å². The van der Waals surface area contributed by atoms with Gasteiger partial charge in [0.1, 0.15) is 0 Å². The van der Waals surface area contributed by atoms with E-state index in [2.05, 4.69) is 104 Å². The quantitative estimate of drug-likeness (QED) is 0.104. The number of rotatable bonds is 14. The van der Waals surface area contributed by atoms with E-state index in [0.717, 1.165) is 18.9 Å². The van der Waals surface area contributed by atoms with Crippen LogP contribution in [0.4, 0.5) is 0 Å². The number of hydrogen-bond acceptors (Lipinski definition) is 4. The number of benzene rings is 4. The molecule has 4 aromatic rings. The fraction of sp³-hybridized carbons (Fsp3) is 0.129. The van der Waals surface area contributed by atoms with Crippen LogP contribution in [0.15, 0.2) is 134 Å². The van der Waals surface area contributed by atoms with Crippen LogP contribution >= 0.6 is 0 Å². The number of carbonyl (C=O) groups is 1. The highest BCUT2D eigenvalue weighted by Gasteiger charge is 2.30. The number of carbonyl (C=O) groups excluding carboxylic acids is 1. The fourth-order valence-electron chi connectivity index (χ4n) is 4.18. The second-order valence-corrected chi connectivity index (χ2v) is 16.2. The summed E-state index contributed by atoms with van der Waals surface area (Å²) in [5.41, 5.74) is 0. The molecule has 193 valence electrons. The summed E-state index contributed by atoms with van der Waals surface area (Å²) >= 11 is 0. The Morgan fingerprint density at radius 3 is 1.34 bits per heavy atom. The van der Waals surface area contributed by atoms with Crippen LogP contribution in [-0.4, -0.2) is 39.9 Å². The molecule has 1 radical (unpaired) electrons. The first-order valence-electron chi connectivity index (χ1n) is 12.9. The smallest absolute Gasteiger partial charge is 0.363 e. The molecular weight excluding hydrogens is 521 g/mol. The molecule has 0 bridgehead atoms. The van der Waals surface area contributed by atoms with Gasteiger partial charge in [-0.1, -0.05) is 128 Å². The van der Waals surface area contributed by atoms with Crippen LogP contribution in [0.25, 0.3) is 0 Å². The van der Waals surface area contributed by atoms with Crippen molar-refractivity contribution in [1.29, 1.82) is 0 Å². The lowest BCUT2D eigenvalue weighted by atomic mass is 10.4. The Morgan fingerprint density at radius 2 is 1.00 bits per heavy atom. The van der Waals surface area contributed by atoms with Gasteiger partial charge in [-0.3, -0.25) is 0 Å². The molecular formula is C31H33O4Si3. The molecule has 0 fully saturated rings. The van der Waals surface area contributed by atoms with Crippen LogP contribution in [0.2, 0.25) is 6.04 Å². The van der Waals surface area contributed by atoms with E-state index in [1.54, 1.807) is 0 Å². The van der Waals surface area contributed by atoms with Gasteiger partial charge < -0.3 is 13.0 Å². The van der Waals surface area contributed by atoms with Gasteiger partial charge in [-0.25, -0.2) is 4.79 Å². The monoisotopic (exact) mass is 553 g/mol. The summed E-state index contributed by atoms with van der Waals surface area (Å²) < 4.78 is 19.4. The molecule has 0 amide bonds. The maximum absolute atomic E-state index is 11.5. The summed E-state index contributed by atoms with van der Waals surface area (Å²) in [6.45, 7) is 3.84. The minimum atomic E-state index is -1.99. The molecule has 0 atom stereocenters. The number of unbranched alkanes of at least 4 members (excludes halogenated alkanes) is 1. The van der Waals surface area contributed by atoms with Crippen molar-refractivity contribution < 1.29 is 17.8 Å². The molecule has 0 heterocycles. The minimum absolute atomic E-state index is 0.371. The van der Waals surface area contributed by atoms with E-state index in [1.165, 1.54) is 26.8 Å². The van der Waals surface area contributed by atoms with Crippen molar-refractivity contribution in [3.05, 3.63) is 134 Å². The molecule has 0 aliphatic carbocycles. The maximum Gasteiger partial charge on any atom is 0.363 e. The Hall–Kier alpha value is -3.34. The van der Waals surface area contributed by atoms with Gasteiger partial charge in [0, 0.05) is 6.08 Å². The summed E-state index contributed by atoms with van der Waals surface area (Å²) in [7, 11) is -5.66. The number of hydrogen-bond donors (Lipinski definition) is 0. The highest BCUT2D eigenvalue weighted by atomic mass is 28.4. The maximum atomic E-state index is 11.5. The van der Waals surface area contributed by atoms with E-state index in [4.69, 9.17) is 13.0 Å². The Morgan fingerprint density at radius 1 is 0.632 bits per heavy atom. The van der Waals surface area contributed by atoms with E-state index in [9.17, 15) is 4.79 Å². The van der Waals surface area contributed by atoms with Gasteiger partial charge >= 0.3 is 15.3 Å². The summed E-state index contributed by atoms with van der Waals surface area (Å²) in [6, 6.07) is 42.9. The third-order valence-corrected chi connectivity index (χ3v) is 14.8. The second kappa shape index (κ2) is 15.2. The summed E-state index contributed by atoms with van der Waals surface area (Å²) in [4.78, 5) is 11.5. The van der Waals surface area contributed by atoms with Gasteiger partial charge in [0.25, 0.3) is 0 Å². The third kappa shape index (κ3) is 8.34. The summed E-state index contributed by atoms with van der Waals surface area (Å²) in [5, 5.41) is 4.95. The Balaban J connectivity index is 1.60. The number of ether oxygens (including phenoxy) is 1. The summed E-state index contributed by atoms with van der Waals surface area (Å²) in [5.74, 6) is -0.385. The van der Waals surface area contributed by atoms with E-state index in [-0.39, 0.29) is 5.97 Å². The van der Waals surface area contributed by atoms with Crippen molar-refractivity contribution in [2.45, 2.75) is 18.9 Å². The first kappa shape index (κ1) is 27.7. The largest absolute Gasteiger partial charge is 0.463 e. The van der Waals surface area contributed by atoms with Crippen LogP contribution in [0.5, 0.6) is 0 Å². The first-order valence-corrected chi connectivity index (χ1v) is 17.7. The average Bonchev–Trinajstić information content (AvgIpc) is 2.99. The molecule has 7 heteroatoms. The molecule has 0 unspecified atom stereocenters. The molecule has 4 rings (SSSR count). The zero-order valence-corrected chi connectivity index (χ0v) is 24.8. The van der Waals surface area contributed by atoms with Crippen molar-refractivity contribution in [3.63, 3.8) is 0 Å². The Labute approximate surface area is 230 Å². The molecule has 0 saturated carbocycles. The molecule has 38 heavy (non-hydrogen) atoms. The zero-order valence-electron chi connectivity index (χ0n) is 21.4. The normalized spacial score (nSPS) is 11.1. The van der Waals surface area contributed by atoms with Crippen molar-refractivity contribution in [2.75, 3.05) is 6.61 Å². The SMILES string of the molecule is C=CC(=O)OCCCC[Si](O[SiH](c1ccccc1)c1ccccc1)O[SiH](c1ccccc1)c1ccccc1. The molecule has 0 N–H and O–H groups in total. The lowest BCUT2D eigenvalue weighted by Crippen LogP contribution is -2.54. The third-order valence-electron chi connectivity index (χ3n) is 6.09. The average molecular weight is 554 g/mol. The standard InChI is InChI=1S/C31H33O4Si3/c1-2-31(32)33-25-15-16-26-36(34-37(27-17-7-3-8-18-27)28-19-9-4-10-20-28)35-38(29-21-11-5-12-22-29)30-23-13-6-14-24-30/h2-14,17-24,37-38H,1,15-16,25-26H2. The predicted molar refractivity (Wildman–Crippen MR) is 162 cm³/mol. The highest BCUT2D eigenvalue weighted by molar-refractivity contribution is 6.88. The van der Waals surface area contributed by atoms with Gasteiger partial charge in [0.15, 0.2) is 0 Å². The molecule has 0 aliphatic rings. The van der Waals surface area contributed by atoms with Crippen molar-refractivity contribution in [1.82, 2.24) is 0 Å². The van der Waals surface area contributed by atoms with Gasteiger partial charge in [-0.05, 0) is 39.6 Å². The van der Waals surface area contributed by atoms with Gasteiger partial charge in [0.05, 0.1) is 6.61 Å². The second-order valence-electron chi connectivity index (χ2n) is 8.84. The Bertz CT molecular complexity index is 1080. The van der Waals surface area contributed by atoms with Crippen molar-refractivity contribution in [3.8, 4) is 0 Å². The first-order chi connectivity index (χ1) is 18.7. The van der Waals surface area contributed by atoms with E-state index in [1.807, 2.05) is 24.3 Å². The molecule has 0 spiro atoms. The van der Waals surface area contributed by atoms with Crippen LogP contribution in [-0.2, 0) is 17.8 Å². The highest BCUT2D eigenvalue weighted by Crippen LogP contribution is 2.10. The van der Waals surface area contributed by atoms with E-state index < -0.39 is 27.4 Å². The minimum Gasteiger partial charge on any atom is -0.463 e. The van der Waals surface area contributed by atoms with Crippen LogP contribution < -0.4 is 20.7 Å². The van der Waals surface area contributed by atoms with Crippen LogP contribution in [0.1, 0.15) is 12.8 Å². The van der Waals surface area contributed by atoms with Crippen LogP contribution in [0, 0.1) is 0 Å². The fourth-order valence-corrected chi connectivity index (χ4v) is 13.7. The van der Waals surface area contributed by atoms with Gasteiger partial charge in [-0.15, -0.1) is 0 Å². The predicted octanol–water partition coefficient (Wildman–Crippen LogP) is 3.09. The molecule has 4 nitrogen and oxygen atoms in total. The molecule has 0 aliphatic heterocycles. The zero-order chi connectivity index (χ0) is 26.4. The van der Waals surface area contributed by atoms with Crippen molar-refractivity contribution >= 4 is 54.1 Å². The Kier molecular flexibility index (Phi) is 11.0. The number of esters is 1. The lowest BCUT2D eigenvalue weighted by molar-refractivity contribution is -0.137. The lowest BCUT2D eigenvalue weighted by Gasteiger charge is -2.27. The van der Waals surface area contributed by atoms with Crippen LogP contribution in [0.3, 0.4) is 0 Å². The van der Waals surface area contributed by atoms with Crippen molar-refractivity contribution in [2.24, 2.45) is 0 Å². The molecule has 0 saturated heterocycles.